The van der Waals surface area contributed by atoms with Gasteiger partial charge < -0.3 is 20.3 Å². The van der Waals surface area contributed by atoms with Crippen molar-refractivity contribution in [3.05, 3.63) is 70.8 Å². The molecule has 36 heavy (non-hydrogen) atoms. The standard InChI is InChI=1S/C29H37N3O4/c1-19(17-30-28(35)36-29(2,3)4)16-25(33)32-18-21-11-6-8-14-23(21)26(32)27(34)31-24-15-9-12-20-10-5-7-13-22(20)24/h5-8,10-11,13-14,19,24,26H,9,12,15-18H2,1-4H3,(H,30,35)(H,31,34). The summed E-state index contributed by atoms with van der Waals surface area (Å²) < 4.78 is 5.28. The topological polar surface area (TPSA) is 87.7 Å². The van der Waals surface area contributed by atoms with Gasteiger partial charge in [0.15, 0.2) is 0 Å². The van der Waals surface area contributed by atoms with Crippen LogP contribution in [0.5, 0.6) is 0 Å². The minimum Gasteiger partial charge on any atom is -0.444 e. The van der Waals surface area contributed by atoms with E-state index in [0.29, 0.717) is 13.1 Å². The molecule has 1 aliphatic carbocycles. The lowest BCUT2D eigenvalue weighted by Gasteiger charge is -2.30. The molecule has 0 aromatic heterocycles. The number of hydrogen-bond acceptors (Lipinski definition) is 4. The van der Waals surface area contributed by atoms with E-state index in [1.54, 1.807) is 4.90 Å². The highest BCUT2D eigenvalue weighted by Gasteiger charge is 2.39. The second-order valence-corrected chi connectivity index (χ2v) is 11.0. The molecule has 4 rings (SSSR count). The summed E-state index contributed by atoms with van der Waals surface area (Å²) in [5, 5.41) is 5.99. The summed E-state index contributed by atoms with van der Waals surface area (Å²) in [5.74, 6) is -0.355. The van der Waals surface area contributed by atoms with E-state index in [4.69, 9.17) is 4.74 Å². The molecule has 2 N–H and O–H groups in total. The predicted molar refractivity (Wildman–Crippen MR) is 138 cm³/mol. The third kappa shape index (κ3) is 6.07. The number of carbonyl (C=O) groups is 3. The fraction of sp³-hybridized carbons (Fsp3) is 0.483. The largest absolute Gasteiger partial charge is 0.444 e. The Balaban J connectivity index is 1.44. The number of alkyl carbamates (subject to hydrolysis) is 1. The average Bonchev–Trinajstić information content (AvgIpc) is 3.22. The normalized spacial score (nSPS) is 19.6. The Bertz CT molecular complexity index is 1120. The third-order valence-electron chi connectivity index (χ3n) is 6.77. The van der Waals surface area contributed by atoms with Gasteiger partial charge in [-0.15, -0.1) is 0 Å². The van der Waals surface area contributed by atoms with Crippen molar-refractivity contribution in [2.24, 2.45) is 5.92 Å². The fourth-order valence-corrected chi connectivity index (χ4v) is 5.12. The van der Waals surface area contributed by atoms with E-state index in [-0.39, 0.29) is 30.2 Å². The Labute approximate surface area is 213 Å². The molecule has 0 spiro atoms. The lowest BCUT2D eigenvalue weighted by atomic mass is 9.87. The van der Waals surface area contributed by atoms with Gasteiger partial charge in [0.1, 0.15) is 11.6 Å². The summed E-state index contributed by atoms with van der Waals surface area (Å²) in [6.07, 6.45) is 2.65. The number of fused-ring (bicyclic) bond motifs is 2. The lowest BCUT2D eigenvalue weighted by Crippen LogP contribution is -2.42. The molecule has 7 nitrogen and oxygen atoms in total. The van der Waals surface area contributed by atoms with Crippen molar-refractivity contribution < 1.29 is 19.1 Å². The highest BCUT2D eigenvalue weighted by molar-refractivity contribution is 5.90. The van der Waals surface area contributed by atoms with Gasteiger partial charge in [-0.05, 0) is 68.2 Å². The smallest absolute Gasteiger partial charge is 0.407 e. The lowest BCUT2D eigenvalue weighted by molar-refractivity contribution is -0.141. The first-order chi connectivity index (χ1) is 17.1. The highest BCUT2D eigenvalue weighted by Crippen LogP contribution is 2.36. The van der Waals surface area contributed by atoms with Gasteiger partial charge in [0.05, 0.1) is 6.04 Å². The van der Waals surface area contributed by atoms with E-state index in [9.17, 15) is 14.4 Å². The van der Waals surface area contributed by atoms with Crippen LogP contribution in [0.15, 0.2) is 48.5 Å². The van der Waals surface area contributed by atoms with E-state index in [1.165, 1.54) is 11.1 Å². The molecule has 1 aliphatic heterocycles. The van der Waals surface area contributed by atoms with Crippen molar-refractivity contribution in [3.8, 4) is 0 Å². The Hall–Kier alpha value is -3.35. The number of hydrogen-bond donors (Lipinski definition) is 2. The molecule has 0 bridgehead atoms. The predicted octanol–water partition coefficient (Wildman–Crippen LogP) is 4.81. The van der Waals surface area contributed by atoms with Crippen LogP contribution in [0.3, 0.4) is 0 Å². The number of carbonyl (C=O) groups excluding carboxylic acids is 3. The quantitative estimate of drug-likeness (QED) is 0.607. The zero-order valence-corrected chi connectivity index (χ0v) is 21.7. The van der Waals surface area contributed by atoms with Crippen LogP contribution in [0.2, 0.25) is 0 Å². The van der Waals surface area contributed by atoms with Crippen LogP contribution in [0.25, 0.3) is 0 Å². The summed E-state index contributed by atoms with van der Waals surface area (Å²) >= 11 is 0. The summed E-state index contributed by atoms with van der Waals surface area (Å²) in [5.41, 5.74) is 3.74. The molecule has 3 unspecified atom stereocenters. The zero-order valence-electron chi connectivity index (χ0n) is 21.7. The van der Waals surface area contributed by atoms with Crippen molar-refractivity contribution >= 4 is 17.9 Å². The van der Waals surface area contributed by atoms with Gasteiger partial charge >= 0.3 is 6.09 Å². The molecule has 3 atom stereocenters. The van der Waals surface area contributed by atoms with Crippen LogP contribution in [-0.2, 0) is 27.3 Å². The van der Waals surface area contributed by atoms with Crippen LogP contribution in [0.4, 0.5) is 4.79 Å². The van der Waals surface area contributed by atoms with E-state index in [2.05, 4.69) is 22.8 Å². The molecule has 0 fully saturated rings. The van der Waals surface area contributed by atoms with Crippen molar-refractivity contribution in [3.63, 3.8) is 0 Å². The summed E-state index contributed by atoms with van der Waals surface area (Å²) in [6, 6.07) is 15.3. The van der Waals surface area contributed by atoms with Crippen molar-refractivity contribution in [2.75, 3.05) is 6.54 Å². The van der Waals surface area contributed by atoms with Gasteiger partial charge in [0.2, 0.25) is 11.8 Å². The Morgan fingerprint density at radius 2 is 1.69 bits per heavy atom. The summed E-state index contributed by atoms with van der Waals surface area (Å²) in [7, 11) is 0. The van der Waals surface area contributed by atoms with E-state index >= 15 is 0 Å². The Morgan fingerprint density at radius 1 is 1.03 bits per heavy atom. The highest BCUT2D eigenvalue weighted by atomic mass is 16.6. The van der Waals surface area contributed by atoms with Crippen LogP contribution >= 0.6 is 0 Å². The monoisotopic (exact) mass is 491 g/mol. The molecule has 2 aromatic carbocycles. The molecular weight excluding hydrogens is 454 g/mol. The molecule has 1 heterocycles. The number of benzene rings is 2. The summed E-state index contributed by atoms with van der Waals surface area (Å²) in [4.78, 5) is 40.7. The molecule has 2 aliphatic rings. The summed E-state index contributed by atoms with van der Waals surface area (Å²) in [6.45, 7) is 8.05. The maximum absolute atomic E-state index is 13.7. The molecule has 0 radical (unpaired) electrons. The van der Waals surface area contributed by atoms with Crippen LogP contribution < -0.4 is 10.6 Å². The first-order valence-corrected chi connectivity index (χ1v) is 12.8. The van der Waals surface area contributed by atoms with Crippen LogP contribution in [0.1, 0.15) is 81.3 Å². The first-order valence-electron chi connectivity index (χ1n) is 12.8. The second kappa shape index (κ2) is 10.7. The van der Waals surface area contributed by atoms with Gasteiger partial charge in [-0.1, -0.05) is 55.5 Å². The van der Waals surface area contributed by atoms with Crippen molar-refractivity contribution in [2.45, 2.75) is 77.6 Å². The van der Waals surface area contributed by atoms with Crippen molar-refractivity contribution in [1.29, 1.82) is 0 Å². The number of aryl methyl sites for hydroxylation is 1. The molecule has 2 aromatic rings. The number of amides is 3. The third-order valence-corrected chi connectivity index (χ3v) is 6.77. The molecule has 0 saturated heterocycles. The van der Waals surface area contributed by atoms with E-state index < -0.39 is 17.7 Å². The maximum atomic E-state index is 13.7. The number of ether oxygens (including phenoxy) is 1. The Morgan fingerprint density at radius 3 is 2.42 bits per heavy atom. The van der Waals surface area contributed by atoms with Gasteiger partial charge in [-0.2, -0.15) is 0 Å². The molecule has 0 saturated carbocycles. The molecule has 7 heteroatoms. The minimum atomic E-state index is -0.659. The van der Waals surface area contributed by atoms with Crippen LogP contribution in [-0.4, -0.2) is 35.0 Å². The number of nitrogens with one attached hydrogen (secondary N) is 2. The average molecular weight is 492 g/mol. The van der Waals surface area contributed by atoms with Crippen LogP contribution in [0, 0.1) is 5.92 Å². The van der Waals surface area contributed by atoms with Gasteiger partial charge in [0.25, 0.3) is 0 Å². The molecular formula is C29H37N3O4. The van der Waals surface area contributed by atoms with Gasteiger partial charge in [0, 0.05) is 19.5 Å². The maximum Gasteiger partial charge on any atom is 0.407 e. The Kier molecular flexibility index (Phi) is 7.67. The number of rotatable bonds is 6. The van der Waals surface area contributed by atoms with Crippen molar-refractivity contribution in [1.82, 2.24) is 15.5 Å². The molecule has 3 amide bonds. The van der Waals surface area contributed by atoms with Gasteiger partial charge in [-0.25, -0.2) is 4.79 Å². The van der Waals surface area contributed by atoms with Gasteiger partial charge in [-0.3, -0.25) is 9.59 Å². The van der Waals surface area contributed by atoms with E-state index in [1.807, 2.05) is 64.1 Å². The zero-order chi connectivity index (χ0) is 25.9. The number of nitrogens with zero attached hydrogens (tertiary/aromatic N) is 1. The first kappa shape index (κ1) is 25.7. The minimum absolute atomic E-state index is 0.0517. The molecule has 192 valence electrons. The van der Waals surface area contributed by atoms with E-state index in [0.717, 1.165) is 30.4 Å². The fourth-order valence-electron chi connectivity index (χ4n) is 5.12. The SMILES string of the molecule is CC(CNC(=O)OC(C)(C)C)CC(=O)N1Cc2ccccc2C1C(=O)NC1CCCc2ccccc21. The second-order valence-electron chi connectivity index (χ2n) is 11.0.